The van der Waals surface area contributed by atoms with E-state index in [-0.39, 0.29) is 11.6 Å². The Labute approximate surface area is 150 Å². The third kappa shape index (κ3) is 3.97. The van der Waals surface area contributed by atoms with Gasteiger partial charge in [-0.2, -0.15) is 0 Å². The van der Waals surface area contributed by atoms with Crippen molar-refractivity contribution in [2.75, 3.05) is 6.61 Å². The van der Waals surface area contributed by atoms with Crippen LogP contribution in [0.1, 0.15) is 22.3 Å². The van der Waals surface area contributed by atoms with Crippen LogP contribution in [0.25, 0.3) is 6.08 Å². The van der Waals surface area contributed by atoms with E-state index in [9.17, 15) is 9.59 Å². The highest BCUT2D eigenvalue weighted by atomic mass is 16.6. The fourth-order valence-corrected chi connectivity index (χ4v) is 2.37. The maximum atomic E-state index is 12.1. The summed E-state index contributed by atoms with van der Waals surface area (Å²) in [5.41, 5.74) is 3.93. The van der Waals surface area contributed by atoms with Gasteiger partial charge in [-0.15, -0.1) is 0 Å². The van der Waals surface area contributed by atoms with Crippen molar-refractivity contribution < 1.29 is 24.2 Å². The van der Waals surface area contributed by atoms with Crippen molar-refractivity contribution in [2.24, 2.45) is 4.99 Å². The van der Waals surface area contributed by atoms with E-state index in [1.54, 1.807) is 30.3 Å². The highest BCUT2D eigenvalue weighted by molar-refractivity contribution is 6.12. The van der Waals surface area contributed by atoms with E-state index in [1.165, 1.54) is 0 Å². The number of esters is 1. The zero-order valence-electron chi connectivity index (χ0n) is 14.4. The molecule has 0 spiro atoms. The first-order valence-corrected chi connectivity index (χ1v) is 7.97. The first-order valence-electron chi connectivity index (χ1n) is 7.97. The lowest BCUT2D eigenvalue weighted by Gasteiger charge is -2.03. The summed E-state index contributed by atoms with van der Waals surface area (Å²) in [6.45, 7) is 3.59. The Balaban J connectivity index is 1.79. The van der Waals surface area contributed by atoms with Crippen LogP contribution in [0.5, 0.6) is 5.75 Å². The quantitative estimate of drug-likeness (QED) is 0.661. The number of aliphatic carboxylic acids is 1. The fourth-order valence-electron chi connectivity index (χ4n) is 2.37. The molecule has 0 fully saturated rings. The van der Waals surface area contributed by atoms with E-state index >= 15 is 0 Å². The van der Waals surface area contributed by atoms with E-state index < -0.39 is 18.5 Å². The lowest BCUT2D eigenvalue weighted by atomic mass is 10.1. The number of carboxylic acids is 1. The molecule has 1 aliphatic heterocycles. The second-order valence-electron chi connectivity index (χ2n) is 5.89. The predicted octanol–water partition coefficient (Wildman–Crippen LogP) is 3.11. The van der Waals surface area contributed by atoms with Gasteiger partial charge in [0.05, 0.1) is 0 Å². The Bertz CT molecular complexity index is 926. The van der Waals surface area contributed by atoms with E-state index in [0.29, 0.717) is 5.75 Å². The molecular formula is C20H17NO5. The Morgan fingerprint density at radius 1 is 1.15 bits per heavy atom. The second-order valence-corrected chi connectivity index (χ2v) is 5.89. The Kier molecular flexibility index (Phi) is 4.84. The molecule has 3 rings (SSSR count). The minimum Gasteiger partial charge on any atom is -0.482 e. The molecule has 0 radical (unpaired) electrons. The minimum absolute atomic E-state index is 0.206. The van der Waals surface area contributed by atoms with E-state index in [0.717, 1.165) is 22.3 Å². The second kappa shape index (κ2) is 7.23. The van der Waals surface area contributed by atoms with Gasteiger partial charge in [-0.05, 0) is 60.9 Å². The third-order valence-corrected chi connectivity index (χ3v) is 3.92. The van der Waals surface area contributed by atoms with E-state index in [1.807, 2.05) is 32.0 Å². The molecule has 0 aromatic heterocycles. The Hall–Kier alpha value is -3.41. The van der Waals surface area contributed by atoms with E-state index in [4.69, 9.17) is 14.6 Å². The molecule has 2 aromatic rings. The highest BCUT2D eigenvalue weighted by Crippen LogP contribution is 2.21. The molecule has 26 heavy (non-hydrogen) atoms. The normalized spacial score (nSPS) is 14.9. The molecule has 1 aliphatic rings. The van der Waals surface area contributed by atoms with Crippen molar-refractivity contribution in [3.05, 3.63) is 70.4 Å². The molecule has 2 aromatic carbocycles. The van der Waals surface area contributed by atoms with Crippen LogP contribution < -0.4 is 4.74 Å². The van der Waals surface area contributed by atoms with Crippen molar-refractivity contribution in [3.63, 3.8) is 0 Å². The van der Waals surface area contributed by atoms with Gasteiger partial charge in [-0.25, -0.2) is 14.6 Å². The number of ether oxygens (including phenoxy) is 2. The first kappa shape index (κ1) is 17.4. The summed E-state index contributed by atoms with van der Waals surface area (Å²) in [5.74, 6) is -0.837. The largest absolute Gasteiger partial charge is 0.482 e. The Morgan fingerprint density at radius 2 is 1.88 bits per heavy atom. The van der Waals surface area contributed by atoms with Gasteiger partial charge in [0, 0.05) is 5.56 Å². The molecular weight excluding hydrogens is 334 g/mol. The van der Waals surface area contributed by atoms with Gasteiger partial charge in [0.15, 0.2) is 12.3 Å². The number of carboxylic acid groups (broad SMARTS) is 1. The molecule has 0 atom stereocenters. The van der Waals surface area contributed by atoms with Gasteiger partial charge >= 0.3 is 11.9 Å². The number of rotatable bonds is 5. The maximum Gasteiger partial charge on any atom is 0.363 e. The Morgan fingerprint density at radius 3 is 2.54 bits per heavy atom. The van der Waals surface area contributed by atoms with Crippen LogP contribution in [0.3, 0.4) is 0 Å². The lowest BCUT2D eigenvalue weighted by molar-refractivity contribution is -0.139. The van der Waals surface area contributed by atoms with Crippen LogP contribution in [-0.2, 0) is 14.3 Å². The summed E-state index contributed by atoms with van der Waals surface area (Å²) < 4.78 is 10.3. The summed E-state index contributed by atoms with van der Waals surface area (Å²) in [7, 11) is 0. The van der Waals surface area contributed by atoms with Crippen LogP contribution in [0.2, 0.25) is 0 Å². The molecule has 132 valence electrons. The average molecular weight is 351 g/mol. The van der Waals surface area contributed by atoms with Crippen molar-refractivity contribution in [2.45, 2.75) is 13.8 Å². The topological polar surface area (TPSA) is 85.2 Å². The summed E-state index contributed by atoms with van der Waals surface area (Å²) in [6, 6.07) is 12.4. The molecule has 0 saturated heterocycles. The molecule has 0 bridgehead atoms. The smallest absolute Gasteiger partial charge is 0.363 e. The molecule has 6 heteroatoms. The molecule has 0 amide bonds. The number of carbonyl (C=O) groups excluding carboxylic acids is 1. The predicted molar refractivity (Wildman–Crippen MR) is 96.1 cm³/mol. The van der Waals surface area contributed by atoms with Crippen LogP contribution in [0.4, 0.5) is 0 Å². The van der Waals surface area contributed by atoms with Gasteiger partial charge < -0.3 is 14.6 Å². The number of hydrogen-bond acceptors (Lipinski definition) is 5. The van der Waals surface area contributed by atoms with Gasteiger partial charge in [-0.1, -0.05) is 18.2 Å². The van der Waals surface area contributed by atoms with Crippen molar-refractivity contribution >= 4 is 23.9 Å². The number of benzene rings is 2. The summed E-state index contributed by atoms with van der Waals surface area (Å²) in [6.07, 6.45) is 1.61. The zero-order chi connectivity index (χ0) is 18.7. The summed E-state index contributed by atoms with van der Waals surface area (Å²) in [4.78, 5) is 26.8. The number of cyclic esters (lactones) is 1. The van der Waals surface area contributed by atoms with E-state index in [2.05, 4.69) is 4.99 Å². The highest BCUT2D eigenvalue weighted by Gasteiger charge is 2.24. The van der Waals surface area contributed by atoms with Gasteiger partial charge in [0.2, 0.25) is 5.90 Å². The summed E-state index contributed by atoms with van der Waals surface area (Å²) in [5, 5.41) is 8.60. The van der Waals surface area contributed by atoms with Crippen LogP contribution >= 0.6 is 0 Å². The number of nitrogens with zero attached hydrogens (tertiary/aromatic N) is 1. The SMILES string of the molecule is Cc1ccc(C2=N/C(=C\c3ccc(OCC(=O)O)cc3)C(=O)O2)cc1C. The molecule has 0 aliphatic carbocycles. The number of hydrogen-bond donors (Lipinski definition) is 1. The molecule has 6 nitrogen and oxygen atoms in total. The number of aryl methyl sites for hydroxylation is 2. The van der Waals surface area contributed by atoms with Crippen LogP contribution in [-0.4, -0.2) is 29.5 Å². The lowest BCUT2D eigenvalue weighted by Crippen LogP contribution is -2.09. The standard InChI is InChI=1S/C20H17NO5/c1-12-3-6-15(9-13(12)2)19-21-17(20(24)26-19)10-14-4-7-16(8-5-14)25-11-18(22)23/h3-10H,11H2,1-2H3,(H,22,23)/b17-10-. The molecule has 1 heterocycles. The van der Waals surface area contributed by atoms with Crippen molar-refractivity contribution in [1.29, 1.82) is 0 Å². The minimum atomic E-state index is -1.04. The average Bonchev–Trinajstić information content (AvgIpc) is 2.97. The zero-order valence-corrected chi connectivity index (χ0v) is 14.4. The molecule has 0 saturated carbocycles. The molecule has 0 unspecified atom stereocenters. The van der Waals surface area contributed by atoms with Crippen LogP contribution in [0.15, 0.2) is 53.2 Å². The number of carbonyl (C=O) groups is 2. The van der Waals surface area contributed by atoms with Crippen LogP contribution in [0, 0.1) is 13.8 Å². The number of aliphatic imine (C=N–C) groups is 1. The third-order valence-electron chi connectivity index (χ3n) is 3.92. The first-order chi connectivity index (χ1) is 12.4. The monoisotopic (exact) mass is 351 g/mol. The maximum absolute atomic E-state index is 12.1. The molecule has 1 N–H and O–H groups in total. The van der Waals surface area contributed by atoms with Gasteiger partial charge in [0.25, 0.3) is 0 Å². The fraction of sp³-hybridized carbons (Fsp3) is 0.150. The summed E-state index contributed by atoms with van der Waals surface area (Å²) >= 11 is 0. The van der Waals surface area contributed by atoms with Crippen molar-refractivity contribution in [3.8, 4) is 5.75 Å². The van der Waals surface area contributed by atoms with Gasteiger partial charge in [0.1, 0.15) is 5.75 Å². The van der Waals surface area contributed by atoms with Gasteiger partial charge in [-0.3, -0.25) is 0 Å². The van der Waals surface area contributed by atoms with Crippen molar-refractivity contribution in [1.82, 2.24) is 0 Å².